The van der Waals surface area contributed by atoms with Crippen molar-refractivity contribution in [3.8, 4) is 0 Å². The number of carbonyl (C=O) groups is 1. The fourth-order valence-corrected chi connectivity index (χ4v) is 3.25. The number of nitrogens with two attached hydrogens (primary N) is 1. The molecule has 1 aromatic carbocycles. The average Bonchev–Trinajstić information content (AvgIpc) is 2.87. The molecular formula is C15H22BrN3O. The number of amides is 1. The molecule has 1 aliphatic rings. The monoisotopic (exact) mass is 339 g/mol. The van der Waals surface area contributed by atoms with Crippen LogP contribution in [0.2, 0.25) is 0 Å². The Hall–Kier alpha value is -1.07. The summed E-state index contributed by atoms with van der Waals surface area (Å²) in [5.74, 6) is 0.0205. The van der Waals surface area contributed by atoms with Crippen LogP contribution in [-0.2, 0) is 0 Å². The number of anilines is 1. The van der Waals surface area contributed by atoms with Crippen molar-refractivity contribution < 1.29 is 4.79 Å². The predicted molar refractivity (Wildman–Crippen MR) is 85.8 cm³/mol. The van der Waals surface area contributed by atoms with Crippen LogP contribution in [0.25, 0.3) is 0 Å². The first kappa shape index (κ1) is 15.3. The average molecular weight is 340 g/mol. The minimum absolute atomic E-state index is 0.0205. The van der Waals surface area contributed by atoms with Crippen molar-refractivity contribution in [3.05, 3.63) is 28.2 Å². The largest absolute Gasteiger partial charge is 0.399 e. The SMILES string of the molecule is CCN1CCCC1CN(C)C(=O)c1cc(N)ccc1Br. The number of rotatable bonds is 4. The molecule has 1 heterocycles. The number of likely N-dealkylation sites (tertiary alicyclic amines) is 1. The summed E-state index contributed by atoms with van der Waals surface area (Å²) in [7, 11) is 1.87. The zero-order valence-corrected chi connectivity index (χ0v) is 13.7. The van der Waals surface area contributed by atoms with Crippen molar-refractivity contribution in [2.75, 3.05) is 32.4 Å². The van der Waals surface area contributed by atoms with Gasteiger partial charge in [0.05, 0.1) is 5.56 Å². The number of hydrogen-bond acceptors (Lipinski definition) is 3. The van der Waals surface area contributed by atoms with Crippen LogP contribution < -0.4 is 5.73 Å². The summed E-state index contributed by atoms with van der Waals surface area (Å²) in [4.78, 5) is 16.8. The Morgan fingerprint density at radius 3 is 3.00 bits per heavy atom. The number of hydrogen-bond donors (Lipinski definition) is 1. The maximum absolute atomic E-state index is 12.5. The molecule has 5 heteroatoms. The fraction of sp³-hybridized carbons (Fsp3) is 0.533. The predicted octanol–water partition coefficient (Wildman–Crippen LogP) is 2.59. The van der Waals surface area contributed by atoms with Gasteiger partial charge < -0.3 is 10.6 Å². The van der Waals surface area contributed by atoms with Crippen LogP contribution in [0.3, 0.4) is 0 Å². The van der Waals surface area contributed by atoms with Gasteiger partial charge in [-0.25, -0.2) is 0 Å². The summed E-state index contributed by atoms with van der Waals surface area (Å²) in [6, 6.07) is 5.82. The van der Waals surface area contributed by atoms with Gasteiger partial charge in [-0.1, -0.05) is 6.92 Å². The number of halogens is 1. The van der Waals surface area contributed by atoms with Crippen molar-refractivity contribution in [1.29, 1.82) is 0 Å². The smallest absolute Gasteiger partial charge is 0.254 e. The molecule has 0 spiro atoms. The van der Waals surface area contributed by atoms with Gasteiger partial charge in [0.1, 0.15) is 0 Å². The van der Waals surface area contributed by atoms with E-state index in [0.717, 1.165) is 24.1 Å². The Morgan fingerprint density at radius 2 is 2.30 bits per heavy atom. The lowest BCUT2D eigenvalue weighted by Gasteiger charge is -2.28. The third kappa shape index (κ3) is 3.33. The Morgan fingerprint density at radius 1 is 1.55 bits per heavy atom. The quantitative estimate of drug-likeness (QED) is 0.857. The molecule has 0 bridgehead atoms. The summed E-state index contributed by atoms with van der Waals surface area (Å²) in [5.41, 5.74) is 7.02. The first-order valence-corrected chi connectivity index (χ1v) is 7.86. The van der Waals surface area contributed by atoms with Crippen LogP contribution in [0.4, 0.5) is 5.69 Å². The zero-order valence-electron chi connectivity index (χ0n) is 12.1. The summed E-state index contributed by atoms with van der Waals surface area (Å²) in [6.07, 6.45) is 2.39. The molecule has 0 saturated carbocycles. The number of nitrogens with zero attached hydrogens (tertiary/aromatic N) is 2. The van der Waals surface area contributed by atoms with E-state index < -0.39 is 0 Å². The second kappa shape index (κ2) is 6.59. The molecule has 110 valence electrons. The van der Waals surface area contributed by atoms with Crippen LogP contribution in [0, 0.1) is 0 Å². The van der Waals surface area contributed by atoms with Gasteiger partial charge in [0.25, 0.3) is 5.91 Å². The molecule has 1 amide bonds. The molecule has 20 heavy (non-hydrogen) atoms. The third-order valence-corrected chi connectivity index (χ3v) is 4.65. The van der Waals surface area contributed by atoms with Crippen LogP contribution in [-0.4, -0.2) is 48.4 Å². The minimum Gasteiger partial charge on any atom is -0.399 e. The molecule has 2 rings (SSSR count). The van der Waals surface area contributed by atoms with E-state index >= 15 is 0 Å². The fourth-order valence-electron chi connectivity index (χ4n) is 2.83. The Balaban J connectivity index is 2.07. The molecule has 1 aliphatic heterocycles. The van der Waals surface area contributed by atoms with Crippen molar-refractivity contribution in [1.82, 2.24) is 9.80 Å². The van der Waals surface area contributed by atoms with Crippen molar-refractivity contribution in [3.63, 3.8) is 0 Å². The highest BCUT2D eigenvalue weighted by Crippen LogP contribution is 2.22. The second-order valence-electron chi connectivity index (χ2n) is 5.35. The molecule has 1 fully saturated rings. The number of benzene rings is 1. The Labute approximate surface area is 129 Å². The number of likely N-dealkylation sites (N-methyl/N-ethyl adjacent to an activating group) is 2. The third-order valence-electron chi connectivity index (χ3n) is 3.96. The molecule has 1 atom stereocenters. The van der Waals surface area contributed by atoms with E-state index in [1.165, 1.54) is 12.8 Å². The topological polar surface area (TPSA) is 49.6 Å². The summed E-state index contributed by atoms with van der Waals surface area (Å²) < 4.78 is 0.794. The van der Waals surface area contributed by atoms with Gasteiger partial charge in [-0.15, -0.1) is 0 Å². The van der Waals surface area contributed by atoms with Crippen LogP contribution >= 0.6 is 15.9 Å². The lowest BCUT2D eigenvalue weighted by molar-refractivity contribution is 0.0754. The lowest BCUT2D eigenvalue weighted by Crippen LogP contribution is -2.41. The lowest BCUT2D eigenvalue weighted by atomic mass is 10.1. The first-order valence-electron chi connectivity index (χ1n) is 7.07. The van der Waals surface area contributed by atoms with Crippen LogP contribution in [0.5, 0.6) is 0 Å². The van der Waals surface area contributed by atoms with E-state index in [1.807, 2.05) is 13.1 Å². The number of nitrogen functional groups attached to an aromatic ring is 1. The Kier molecular flexibility index (Phi) is 5.05. The van der Waals surface area contributed by atoms with Gasteiger partial charge in [-0.3, -0.25) is 9.69 Å². The molecule has 0 aromatic heterocycles. The zero-order chi connectivity index (χ0) is 14.7. The molecular weight excluding hydrogens is 318 g/mol. The highest BCUT2D eigenvalue weighted by Gasteiger charge is 2.26. The molecule has 4 nitrogen and oxygen atoms in total. The van der Waals surface area contributed by atoms with Gasteiger partial charge in [0.15, 0.2) is 0 Å². The molecule has 2 N–H and O–H groups in total. The summed E-state index contributed by atoms with van der Waals surface area (Å²) >= 11 is 3.42. The number of carbonyl (C=O) groups excluding carboxylic acids is 1. The molecule has 1 aromatic rings. The van der Waals surface area contributed by atoms with Crippen molar-refractivity contribution >= 4 is 27.5 Å². The van der Waals surface area contributed by atoms with E-state index in [-0.39, 0.29) is 5.91 Å². The minimum atomic E-state index is 0.0205. The molecule has 1 saturated heterocycles. The van der Waals surface area contributed by atoms with Gasteiger partial charge in [-0.2, -0.15) is 0 Å². The van der Waals surface area contributed by atoms with Crippen LogP contribution in [0.1, 0.15) is 30.1 Å². The van der Waals surface area contributed by atoms with Gasteiger partial charge in [-0.05, 0) is 60.1 Å². The standard InChI is InChI=1S/C15H22BrN3O/c1-3-19-8-4-5-12(19)10-18(2)15(20)13-9-11(17)6-7-14(13)16/h6-7,9,12H,3-5,8,10,17H2,1-2H3. The highest BCUT2D eigenvalue weighted by atomic mass is 79.9. The van der Waals surface area contributed by atoms with Gasteiger partial charge in [0, 0.05) is 29.8 Å². The molecule has 1 unspecified atom stereocenters. The van der Waals surface area contributed by atoms with E-state index in [0.29, 0.717) is 17.3 Å². The highest BCUT2D eigenvalue weighted by molar-refractivity contribution is 9.10. The van der Waals surface area contributed by atoms with E-state index in [4.69, 9.17) is 5.73 Å². The second-order valence-corrected chi connectivity index (χ2v) is 6.20. The summed E-state index contributed by atoms with van der Waals surface area (Å²) in [5, 5.41) is 0. The molecule has 0 aliphatic carbocycles. The van der Waals surface area contributed by atoms with E-state index in [9.17, 15) is 4.79 Å². The molecule has 0 radical (unpaired) electrons. The maximum Gasteiger partial charge on any atom is 0.254 e. The van der Waals surface area contributed by atoms with Gasteiger partial charge in [0.2, 0.25) is 0 Å². The normalized spacial score (nSPS) is 19.2. The first-order chi connectivity index (χ1) is 9.52. The summed E-state index contributed by atoms with van der Waals surface area (Å²) in [6.45, 7) is 5.14. The van der Waals surface area contributed by atoms with E-state index in [2.05, 4.69) is 27.8 Å². The van der Waals surface area contributed by atoms with Gasteiger partial charge >= 0.3 is 0 Å². The van der Waals surface area contributed by atoms with Crippen molar-refractivity contribution in [2.24, 2.45) is 0 Å². The van der Waals surface area contributed by atoms with Crippen LogP contribution in [0.15, 0.2) is 22.7 Å². The maximum atomic E-state index is 12.5. The Bertz CT molecular complexity index is 492. The van der Waals surface area contributed by atoms with Crippen molar-refractivity contribution in [2.45, 2.75) is 25.8 Å². The van der Waals surface area contributed by atoms with E-state index in [1.54, 1.807) is 17.0 Å².